The van der Waals surface area contributed by atoms with Crippen molar-refractivity contribution in [2.24, 2.45) is 10.8 Å². The number of ether oxygens (including phenoxy) is 6. The molecule has 6 heteroatoms. The molecule has 0 saturated heterocycles. The summed E-state index contributed by atoms with van der Waals surface area (Å²) < 4.78 is 33.0. The Morgan fingerprint density at radius 2 is 0.480 bits per heavy atom. The summed E-state index contributed by atoms with van der Waals surface area (Å²) in [4.78, 5) is 0. The van der Waals surface area contributed by atoms with Gasteiger partial charge in [-0.15, -0.1) is 0 Å². The van der Waals surface area contributed by atoms with Gasteiger partial charge in [0, 0.05) is 13.2 Å². The van der Waals surface area contributed by atoms with Crippen molar-refractivity contribution in [3.05, 3.63) is 0 Å². The molecule has 0 atom stereocenters. The van der Waals surface area contributed by atoms with E-state index in [2.05, 4.69) is 83.1 Å². The van der Waals surface area contributed by atoms with E-state index >= 15 is 0 Å². The van der Waals surface area contributed by atoms with Crippen LogP contribution >= 0.6 is 0 Å². The molecular weight excluding hydrogens is 624 g/mol. The topological polar surface area (TPSA) is 55.4 Å². The van der Waals surface area contributed by atoms with E-state index in [1.54, 1.807) is 0 Å². The van der Waals surface area contributed by atoms with Crippen molar-refractivity contribution in [2.45, 2.75) is 249 Å². The molecule has 0 aliphatic heterocycles. The molecule has 0 aliphatic carbocycles. The summed E-state index contributed by atoms with van der Waals surface area (Å²) >= 11 is 0. The van der Waals surface area contributed by atoms with Gasteiger partial charge in [-0.1, -0.05) is 71.2 Å². The van der Waals surface area contributed by atoms with Gasteiger partial charge in [0.15, 0.2) is 0 Å². The molecule has 0 spiro atoms. The summed E-state index contributed by atoms with van der Waals surface area (Å²) in [7, 11) is 0. The minimum Gasteiger partial charge on any atom is -0.376 e. The van der Waals surface area contributed by atoms with Crippen molar-refractivity contribution in [1.29, 1.82) is 0 Å². The van der Waals surface area contributed by atoms with Crippen molar-refractivity contribution in [1.82, 2.24) is 0 Å². The van der Waals surface area contributed by atoms with Gasteiger partial charge in [-0.2, -0.15) is 0 Å². The largest absolute Gasteiger partial charge is 0.376 e. The highest BCUT2D eigenvalue weighted by atomic mass is 16.7. The number of hydrogen-bond donors (Lipinski definition) is 0. The molecule has 0 amide bonds. The molecule has 0 fully saturated rings. The molecule has 0 aromatic rings. The SMILES string of the molecule is C.C.C.C.CC(C)(C)CCCOC(C)(C)C.CC(C)(C)CCOC(C)(C)C.CC(C)(C)OCCOC(C)(C)C.CC(C)(C)OCOC(C)(C)C. The van der Waals surface area contributed by atoms with Crippen LogP contribution in [0.25, 0.3) is 0 Å². The van der Waals surface area contributed by atoms with Crippen LogP contribution in [-0.2, 0) is 28.4 Å². The summed E-state index contributed by atoms with van der Waals surface area (Å²) in [5, 5.41) is 0. The van der Waals surface area contributed by atoms with Gasteiger partial charge in [-0.05, 0) is 155 Å². The lowest BCUT2D eigenvalue weighted by Crippen LogP contribution is -2.26. The van der Waals surface area contributed by atoms with E-state index in [1.807, 2.05) is 83.1 Å². The predicted molar refractivity (Wildman–Crippen MR) is 229 cm³/mol. The Bertz CT molecular complexity index is 567. The van der Waals surface area contributed by atoms with Gasteiger partial charge in [-0.25, -0.2) is 0 Å². The monoisotopic (exact) mass is 729 g/mol. The molecule has 0 heterocycles. The van der Waals surface area contributed by atoms with Crippen molar-refractivity contribution < 1.29 is 28.4 Å². The number of rotatable bonds is 10. The minimum atomic E-state index is -0.106. The normalized spacial score (nSPS) is 12.5. The molecule has 0 N–H and O–H groups in total. The highest BCUT2D eigenvalue weighted by Crippen LogP contribution is 2.21. The maximum absolute atomic E-state index is 5.62. The smallest absolute Gasteiger partial charge is 0.148 e. The zero-order valence-corrected chi connectivity index (χ0v) is 36.1. The third kappa shape index (κ3) is 91.6. The van der Waals surface area contributed by atoms with E-state index in [-0.39, 0.29) is 63.3 Å². The second-order valence-corrected chi connectivity index (χ2v) is 20.4. The zero-order valence-electron chi connectivity index (χ0n) is 36.1. The van der Waals surface area contributed by atoms with E-state index in [4.69, 9.17) is 28.4 Å². The molecule has 0 unspecified atom stereocenters. The van der Waals surface area contributed by atoms with E-state index < -0.39 is 0 Å². The Kier molecular flexibility index (Phi) is 39.6. The van der Waals surface area contributed by atoms with E-state index in [0.29, 0.717) is 30.8 Å². The van der Waals surface area contributed by atoms with E-state index in [1.165, 1.54) is 12.8 Å². The molecule has 316 valence electrons. The minimum absolute atomic E-state index is 0. The van der Waals surface area contributed by atoms with E-state index in [9.17, 15) is 0 Å². The maximum Gasteiger partial charge on any atom is 0.148 e. The highest BCUT2D eigenvalue weighted by molar-refractivity contribution is 4.65. The summed E-state index contributed by atoms with van der Waals surface area (Å²) in [6.07, 6.45) is 3.54. The Labute approximate surface area is 320 Å². The molecule has 50 heavy (non-hydrogen) atoms. The molecule has 6 nitrogen and oxygen atoms in total. The summed E-state index contributed by atoms with van der Waals surface area (Å²) in [5.74, 6) is 0. The summed E-state index contributed by atoms with van der Waals surface area (Å²) in [6.45, 7) is 53.9. The first-order chi connectivity index (χ1) is 19.8. The van der Waals surface area contributed by atoms with Crippen LogP contribution in [0.4, 0.5) is 0 Å². The lowest BCUT2D eigenvalue weighted by atomic mass is 9.91. The molecule has 0 aromatic carbocycles. The van der Waals surface area contributed by atoms with Crippen molar-refractivity contribution in [3.8, 4) is 0 Å². The Hall–Kier alpha value is -0.240. The van der Waals surface area contributed by atoms with Crippen LogP contribution in [0.3, 0.4) is 0 Å². The van der Waals surface area contributed by atoms with Gasteiger partial charge in [0.05, 0.1) is 46.8 Å². The van der Waals surface area contributed by atoms with Crippen LogP contribution in [-0.4, -0.2) is 66.8 Å². The highest BCUT2D eigenvalue weighted by Gasteiger charge is 2.16. The van der Waals surface area contributed by atoms with Crippen molar-refractivity contribution in [3.63, 3.8) is 0 Å². The fraction of sp³-hybridized carbons (Fsp3) is 1.00. The lowest BCUT2D eigenvalue weighted by molar-refractivity contribution is -0.163. The molecule has 0 rings (SSSR count). The number of hydrogen-bond acceptors (Lipinski definition) is 6. The van der Waals surface area contributed by atoms with Gasteiger partial charge in [0.1, 0.15) is 6.79 Å². The maximum atomic E-state index is 5.62. The standard InChI is InChI=1S/C11H24O.C10H22O2.C10H22O.C9H20O2.4CH4/c1-10(2,3)8-7-9-12-11(4,5)6;1-9(2,3)11-7-8-12-10(4,5)6;1-9(2,3)7-8-11-10(4,5)6;1-8(2,3)10-7-11-9(4,5)6;;;;/h7-9H2,1-6H3;7-8H2,1-6H3;7-8H2,1-6H3;7H2,1-6H3;4*1H4. The molecule has 0 radical (unpaired) electrons. The third-order valence-electron chi connectivity index (χ3n) is 5.13. The van der Waals surface area contributed by atoms with Crippen LogP contribution in [0, 0.1) is 10.8 Å². The lowest BCUT2D eigenvalue weighted by Gasteiger charge is -2.24. The average Bonchev–Trinajstić information content (AvgIpc) is 2.69. The first kappa shape index (κ1) is 67.8. The van der Waals surface area contributed by atoms with Crippen molar-refractivity contribution >= 4 is 0 Å². The second kappa shape index (κ2) is 29.2. The van der Waals surface area contributed by atoms with Gasteiger partial charge < -0.3 is 28.4 Å². The average molecular weight is 729 g/mol. The Balaban J connectivity index is -0.0000000764. The van der Waals surface area contributed by atoms with E-state index in [0.717, 1.165) is 19.6 Å². The fourth-order valence-electron chi connectivity index (χ4n) is 2.72. The van der Waals surface area contributed by atoms with Gasteiger partial charge in [-0.3, -0.25) is 0 Å². The van der Waals surface area contributed by atoms with Crippen LogP contribution in [0.15, 0.2) is 0 Å². The summed E-state index contributed by atoms with van der Waals surface area (Å²) in [5.41, 5.74) is 0.564. The van der Waals surface area contributed by atoms with Gasteiger partial charge in [0.25, 0.3) is 0 Å². The van der Waals surface area contributed by atoms with Gasteiger partial charge >= 0.3 is 0 Å². The first-order valence-electron chi connectivity index (χ1n) is 17.7. The first-order valence-corrected chi connectivity index (χ1v) is 17.7. The van der Waals surface area contributed by atoms with Crippen LogP contribution in [0.5, 0.6) is 0 Å². The third-order valence-corrected chi connectivity index (χ3v) is 5.13. The van der Waals surface area contributed by atoms with Crippen LogP contribution in [0.2, 0.25) is 0 Å². The molecular formula is C44H104O6. The molecule has 0 aromatic heterocycles. The summed E-state index contributed by atoms with van der Waals surface area (Å²) in [6, 6.07) is 0. The van der Waals surface area contributed by atoms with Crippen LogP contribution < -0.4 is 0 Å². The molecule has 0 aliphatic rings. The second-order valence-electron chi connectivity index (χ2n) is 20.4. The quantitative estimate of drug-likeness (QED) is 0.165. The Morgan fingerprint density at radius 3 is 0.700 bits per heavy atom. The Morgan fingerprint density at radius 1 is 0.260 bits per heavy atom. The fourth-order valence-corrected chi connectivity index (χ4v) is 2.72. The zero-order chi connectivity index (χ0) is 37.9. The molecule has 0 saturated carbocycles. The van der Waals surface area contributed by atoms with Crippen LogP contribution in [0.1, 0.15) is 215 Å². The molecule has 0 bridgehead atoms. The predicted octanol–water partition coefficient (Wildman–Crippen LogP) is 14.6. The van der Waals surface area contributed by atoms with Gasteiger partial charge in [0.2, 0.25) is 0 Å². The van der Waals surface area contributed by atoms with Crippen molar-refractivity contribution in [2.75, 3.05) is 33.2 Å².